The Morgan fingerprint density at radius 2 is 2.10 bits per heavy atom. The molecule has 0 spiro atoms. The second kappa shape index (κ2) is 8.15. The normalized spacial score (nSPS) is 26.1. The van der Waals surface area contributed by atoms with E-state index in [-0.39, 0.29) is 40.5 Å². The van der Waals surface area contributed by atoms with Crippen molar-refractivity contribution in [2.75, 3.05) is 18.5 Å². The number of nitrogens with zero attached hydrogens (tertiary/aromatic N) is 1. The van der Waals surface area contributed by atoms with Gasteiger partial charge in [0.1, 0.15) is 0 Å². The Kier molecular flexibility index (Phi) is 5.19. The summed E-state index contributed by atoms with van der Waals surface area (Å²) in [6, 6.07) is 12.5. The molecular formula is C24H25N3O4. The molecule has 1 aliphatic carbocycles. The number of para-hydroxylation sites is 1. The number of hydrogen-bond acceptors (Lipinski definition) is 5. The molecule has 2 aliphatic heterocycles. The molecule has 31 heavy (non-hydrogen) atoms. The van der Waals surface area contributed by atoms with Crippen LogP contribution in [0, 0.1) is 16.0 Å². The number of benzene rings is 2. The van der Waals surface area contributed by atoms with Crippen LogP contribution in [0.1, 0.15) is 52.7 Å². The van der Waals surface area contributed by atoms with E-state index in [0.29, 0.717) is 17.7 Å². The van der Waals surface area contributed by atoms with E-state index in [4.69, 9.17) is 4.74 Å². The number of amides is 1. The molecule has 1 amide bonds. The first kappa shape index (κ1) is 19.8. The lowest BCUT2D eigenvalue weighted by Crippen LogP contribution is -2.32. The summed E-state index contributed by atoms with van der Waals surface area (Å²) >= 11 is 0. The SMILES string of the molecule is O=C(NCC1CCCO1)c1ccc2c(c1)C1C=CCC1C(c1ccccc1[N+](=O)[O-])N2. The highest BCUT2D eigenvalue weighted by Crippen LogP contribution is 2.51. The molecular weight excluding hydrogens is 394 g/mol. The molecule has 1 saturated heterocycles. The number of carbonyl (C=O) groups excluding carboxylic acids is 1. The maximum atomic E-state index is 12.7. The van der Waals surface area contributed by atoms with Gasteiger partial charge in [-0.2, -0.15) is 0 Å². The maximum absolute atomic E-state index is 12.7. The number of allylic oxidation sites excluding steroid dienone is 2. The number of nitrogens with one attached hydrogen (secondary N) is 2. The van der Waals surface area contributed by atoms with Gasteiger partial charge < -0.3 is 15.4 Å². The first-order valence-corrected chi connectivity index (χ1v) is 10.8. The van der Waals surface area contributed by atoms with Crippen molar-refractivity contribution in [2.24, 2.45) is 5.92 Å². The predicted molar refractivity (Wildman–Crippen MR) is 117 cm³/mol. The molecule has 2 aromatic rings. The molecule has 7 heteroatoms. The Labute approximate surface area is 180 Å². The molecule has 0 aromatic heterocycles. The number of nitro groups is 1. The predicted octanol–water partition coefficient (Wildman–Crippen LogP) is 4.33. The molecule has 5 rings (SSSR count). The Bertz CT molecular complexity index is 1040. The van der Waals surface area contributed by atoms with Crippen molar-refractivity contribution in [3.63, 3.8) is 0 Å². The van der Waals surface area contributed by atoms with Gasteiger partial charge in [-0.05, 0) is 48.9 Å². The number of nitro benzene ring substituents is 1. The minimum atomic E-state index is -0.314. The third kappa shape index (κ3) is 3.70. The zero-order chi connectivity index (χ0) is 21.4. The number of rotatable bonds is 5. The Balaban J connectivity index is 1.41. The fraction of sp³-hybridized carbons (Fsp3) is 0.375. The Morgan fingerprint density at radius 3 is 2.90 bits per heavy atom. The fourth-order valence-corrected chi connectivity index (χ4v) is 5.07. The molecule has 2 heterocycles. The lowest BCUT2D eigenvalue weighted by molar-refractivity contribution is -0.385. The second-order valence-corrected chi connectivity index (χ2v) is 8.44. The fourth-order valence-electron chi connectivity index (χ4n) is 5.07. The lowest BCUT2D eigenvalue weighted by Gasteiger charge is -2.37. The van der Waals surface area contributed by atoms with Crippen molar-refractivity contribution in [3.05, 3.63) is 81.4 Å². The average molecular weight is 419 g/mol. The maximum Gasteiger partial charge on any atom is 0.274 e. The molecule has 4 unspecified atom stereocenters. The molecule has 0 bridgehead atoms. The second-order valence-electron chi connectivity index (χ2n) is 8.44. The molecule has 2 N–H and O–H groups in total. The van der Waals surface area contributed by atoms with E-state index in [1.54, 1.807) is 12.1 Å². The minimum Gasteiger partial charge on any atom is -0.377 e. The van der Waals surface area contributed by atoms with Crippen LogP contribution in [0.25, 0.3) is 0 Å². The van der Waals surface area contributed by atoms with Crippen molar-refractivity contribution in [1.82, 2.24) is 5.32 Å². The van der Waals surface area contributed by atoms with Crippen molar-refractivity contribution in [3.8, 4) is 0 Å². The quantitative estimate of drug-likeness (QED) is 0.427. The lowest BCUT2D eigenvalue weighted by atomic mass is 9.76. The zero-order valence-electron chi connectivity index (χ0n) is 17.1. The van der Waals surface area contributed by atoms with Crippen LogP contribution >= 0.6 is 0 Å². The summed E-state index contributed by atoms with van der Waals surface area (Å²) in [5.74, 6) is 0.184. The van der Waals surface area contributed by atoms with Crippen molar-refractivity contribution >= 4 is 17.3 Å². The highest BCUT2D eigenvalue weighted by molar-refractivity contribution is 5.95. The Hall–Kier alpha value is -3.19. The van der Waals surface area contributed by atoms with Gasteiger partial charge in [0.25, 0.3) is 11.6 Å². The van der Waals surface area contributed by atoms with Gasteiger partial charge >= 0.3 is 0 Å². The van der Waals surface area contributed by atoms with Crippen LogP contribution in [0.15, 0.2) is 54.6 Å². The van der Waals surface area contributed by atoms with Crippen molar-refractivity contribution in [2.45, 2.75) is 37.3 Å². The topological polar surface area (TPSA) is 93.5 Å². The molecule has 7 nitrogen and oxygen atoms in total. The summed E-state index contributed by atoms with van der Waals surface area (Å²) in [5.41, 5.74) is 3.46. The Morgan fingerprint density at radius 1 is 1.23 bits per heavy atom. The summed E-state index contributed by atoms with van der Waals surface area (Å²) in [4.78, 5) is 24.0. The van der Waals surface area contributed by atoms with Gasteiger partial charge in [0.15, 0.2) is 0 Å². The first-order chi connectivity index (χ1) is 15.1. The molecule has 160 valence electrons. The zero-order valence-corrected chi connectivity index (χ0v) is 17.1. The van der Waals surface area contributed by atoms with E-state index in [0.717, 1.165) is 37.1 Å². The molecule has 3 aliphatic rings. The van der Waals surface area contributed by atoms with Gasteiger partial charge in [0, 0.05) is 36.4 Å². The first-order valence-electron chi connectivity index (χ1n) is 10.8. The number of ether oxygens (including phenoxy) is 1. The smallest absolute Gasteiger partial charge is 0.274 e. The standard InChI is InChI=1S/C24H25N3O4/c28-24(25-14-16-5-4-12-31-16)15-10-11-21-20(13-15)17-7-3-8-18(17)23(26-21)19-6-1-2-9-22(19)27(29)30/h1-3,6-7,9-11,13,16-18,23,26H,4-5,8,12,14H2,(H,25,28). The molecule has 0 radical (unpaired) electrons. The van der Waals surface area contributed by atoms with Crippen molar-refractivity contribution < 1.29 is 14.5 Å². The largest absolute Gasteiger partial charge is 0.377 e. The van der Waals surface area contributed by atoms with E-state index in [2.05, 4.69) is 22.8 Å². The summed E-state index contributed by atoms with van der Waals surface area (Å²) < 4.78 is 5.59. The van der Waals surface area contributed by atoms with Crippen LogP contribution in [0.5, 0.6) is 0 Å². The third-order valence-corrected chi connectivity index (χ3v) is 6.61. The van der Waals surface area contributed by atoms with Crippen LogP contribution < -0.4 is 10.6 Å². The van der Waals surface area contributed by atoms with Crippen LogP contribution in [-0.4, -0.2) is 30.1 Å². The van der Waals surface area contributed by atoms with Gasteiger partial charge in [-0.3, -0.25) is 14.9 Å². The third-order valence-electron chi connectivity index (χ3n) is 6.61. The number of fused-ring (bicyclic) bond motifs is 3. The molecule has 1 fully saturated rings. The van der Waals surface area contributed by atoms with Crippen LogP contribution in [-0.2, 0) is 4.74 Å². The van der Waals surface area contributed by atoms with Gasteiger partial charge in [-0.25, -0.2) is 0 Å². The van der Waals surface area contributed by atoms with Crippen molar-refractivity contribution in [1.29, 1.82) is 0 Å². The highest BCUT2D eigenvalue weighted by atomic mass is 16.6. The van der Waals surface area contributed by atoms with Gasteiger partial charge in [0.2, 0.25) is 0 Å². The van der Waals surface area contributed by atoms with E-state index in [9.17, 15) is 14.9 Å². The molecule has 0 saturated carbocycles. The van der Waals surface area contributed by atoms with Crippen LogP contribution in [0.4, 0.5) is 11.4 Å². The van der Waals surface area contributed by atoms with Crippen LogP contribution in [0.3, 0.4) is 0 Å². The minimum absolute atomic E-state index is 0.0994. The van der Waals surface area contributed by atoms with E-state index in [1.807, 2.05) is 30.3 Å². The van der Waals surface area contributed by atoms with E-state index < -0.39 is 0 Å². The number of hydrogen-bond donors (Lipinski definition) is 2. The highest BCUT2D eigenvalue weighted by Gasteiger charge is 2.40. The monoisotopic (exact) mass is 419 g/mol. The van der Waals surface area contributed by atoms with Gasteiger partial charge in [-0.1, -0.05) is 30.4 Å². The summed E-state index contributed by atoms with van der Waals surface area (Å²) in [6.07, 6.45) is 7.27. The average Bonchev–Trinajstić information content (AvgIpc) is 3.49. The van der Waals surface area contributed by atoms with E-state index in [1.165, 1.54) is 0 Å². The van der Waals surface area contributed by atoms with Crippen LogP contribution in [0.2, 0.25) is 0 Å². The number of carbonyl (C=O) groups is 1. The summed E-state index contributed by atoms with van der Waals surface area (Å²) in [7, 11) is 0. The van der Waals surface area contributed by atoms with E-state index >= 15 is 0 Å². The molecule has 4 atom stereocenters. The molecule has 2 aromatic carbocycles. The number of anilines is 1. The van der Waals surface area contributed by atoms with Gasteiger partial charge in [-0.15, -0.1) is 0 Å². The summed E-state index contributed by atoms with van der Waals surface area (Å²) in [5, 5.41) is 18.1. The summed E-state index contributed by atoms with van der Waals surface area (Å²) in [6.45, 7) is 1.29. The van der Waals surface area contributed by atoms with Gasteiger partial charge in [0.05, 0.1) is 22.6 Å².